The average molecular weight is 322 g/mol. The highest BCUT2D eigenvalue weighted by Gasteiger charge is 2.31. The molecule has 1 aliphatic rings. The molecule has 1 aliphatic heterocycles. The van der Waals surface area contributed by atoms with Gasteiger partial charge in [-0.2, -0.15) is 16.4 Å². The van der Waals surface area contributed by atoms with Gasteiger partial charge in [0.2, 0.25) is 5.95 Å². The lowest BCUT2D eigenvalue weighted by atomic mass is 10.0. The quantitative estimate of drug-likeness (QED) is 0.800. The summed E-state index contributed by atoms with van der Waals surface area (Å²) in [5, 5.41) is 20.5. The molecule has 6 heteroatoms. The van der Waals surface area contributed by atoms with E-state index in [1.165, 1.54) is 5.56 Å². The molecule has 3 heterocycles. The number of aromatic nitrogens is 2. The first-order valence-electron chi connectivity index (χ1n) is 7.26. The molecular formula is C17H14N4OS. The standard InChI is InChI=1S/C17H14N4OS/c22-14-4-1-3-12(9-14)15-10-16(13-5-8-23-11-13)21(20-15)17-18-6-2-7-19-17/h1-9,11,16,22H,10H2/t16-/m0/s1. The van der Waals surface area contributed by atoms with Gasteiger partial charge in [0.1, 0.15) is 5.75 Å². The molecule has 2 aromatic heterocycles. The number of hydrogen-bond donors (Lipinski definition) is 1. The van der Waals surface area contributed by atoms with Gasteiger partial charge in [-0.1, -0.05) is 12.1 Å². The van der Waals surface area contributed by atoms with E-state index in [9.17, 15) is 5.11 Å². The average Bonchev–Trinajstić information content (AvgIpc) is 3.25. The number of rotatable bonds is 3. The number of nitrogens with zero attached hydrogens (tertiary/aromatic N) is 4. The predicted molar refractivity (Wildman–Crippen MR) is 90.8 cm³/mol. The first kappa shape index (κ1) is 13.9. The van der Waals surface area contributed by atoms with Crippen molar-refractivity contribution in [2.24, 2.45) is 5.10 Å². The topological polar surface area (TPSA) is 61.6 Å². The van der Waals surface area contributed by atoms with Crippen molar-refractivity contribution >= 4 is 23.0 Å². The maximum Gasteiger partial charge on any atom is 0.246 e. The second-order valence-electron chi connectivity index (χ2n) is 5.27. The summed E-state index contributed by atoms with van der Waals surface area (Å²) < 4.78 is 0. The van der Waals surface area contributed by atoms with Crippen LogP contribution in [-0.2, 0) is 0 Å². The Labute approximate surface area is 137 Å². The van der Waals surface area contributed by atoms with Crippen molar-refractivity contribution in [3.8, 4) is 5.75 Å². The number of anilines is 1. The van der Waals surface area contributed by atoms with Crippen molar-refractivity contribution in [1.82, 2.24) is 9.97 Å². The van der Waals surface area contributed by atoms with E-state index in [1.807, 2.05) is 17.1 Å². The molecule has 0 amide bonds. The smallest absolute Gasteiger partial charge is 0.246 e. The van der Waals surface area contributed by atoms with E-state index in [2.05, 4.69) is 26.8 Å². The third-order valence-corrected chi connectivity index (χ3v) is 4.48. The zero-order valence-electron chi connectivity index (χ0n) is 12.2. The van der Waals surface area contributed by atoms with Gasteiger partial charge in [0.15, 0.2) is 0 Å². The molecule has 0 fully saturated rings. The zero-order chi connectivity index (χ0) is 15.6. The molecule has 23 heavy (non-hydrogen) atoms. The van der Waals surface area contributed by atoms with Gasteiger partial charge in [0.25, 0.3) is 0 Å². The second kappa shape index (κ2) is 5.81. The number of aromatic hydroxyl groups is 1. The van der Waals surface area contributed by atoms with Crippen molar-refractivity contribution in [3.63, 3.8) is 0 Å². The van der Waals surface area contributed by atoms with Crippen LogP contribution in [0.5, 0.6) is 5.75 Å². The van der Waals surface area contributed by atoms with E-state index in [-0.39, 0.29) is 11.8 Å². The Morgan fingerprint density at radius 3 is 2.74 bits per heavy atom. The highest BCUT2D eigenvalue weighted by molar-refractivity contribution is 7.08. The first-order chi connectivity index (χ1) is 11.3. The third-order valence-electron chi connectivity index (χ3n) is 3.77. The maximum absolute atomic E-state index is 9.71. The third kappa shape index (κ3) is 2.68. The van der Waals surface area contributed by atoms with E-state index in [0.29, 0.717) is 5.95 Å². The van der Waals surface area contributed by atoms with Crippen molar-refractivity contribution in [2.45, 2.75) is 12.5 Å². The van der Waals surface area contributed by atoms with Gasteiger partial charge in [0, 0.05) is 24.4 Å². The fourth-order valence-corrected chi connectivity index (χ4v) is 3.40. The minimum Gasteiger partial charge on any atom is -0.508 e. The van der Waals surface area contributed by atoms with Crippen LogP contribution in [0, 0.1) is 0 Å². The number of hydrogen-bond acceptors (Lipinski definition) is 6. The Morgan fingerprint density at radius 2 is 2.00 bits per heavy atom. The fraction of sp³-hybridized carbons (Fsp3) is 0.118. The van der Waals surface area contributed by atoms with Crippen LogP contribution in [0.15, 0.2) is 64.7 Å². The summed E-state index contributed by atoms with van der Waals surface area (Å²) in [5.74, 6) is 0.825. The first-order valence-corrected chi connectivity index (χ1v) is 8.21. The maximum atomic E-state index is 9.71. The van der Waals surface area contributed by atoms with Gasteiger partial charge in [-0.3, -0.25) is 0 Å². The Bertz CT molecular complexity index is 833. The zero-order valence-corrected chi connectivity index (χ0v) is 13.0. The molecule has 0 bridgehead atoms. The lowest BCUT2D eigenvalue weighted by Crippen LogP contribution is -2.20. The van der Waals surface area contributed by atoms with E-state index >= 15 is 0 Å². The largest absolute Gasteiger partial charge is 0.508 e. The van der Waals surface area contributed by atoms with E-state index in [1.54, 1.807) is 41.9 Å². The van der Waals surface area contributed by atoms with Crippen LogP contribution in [0.25, 0.3) is 0 Å². The molecule has 1 N–H and O–H groups in total. The molecule has 114 valence electrons. The number of thiophene rings is 1. The highest BCUT2D eigenvalue weighted by Crippen LogP contribution is 2.36. The van der Waals surface area contributed by atoms with Crippen LogP contribution in [0.1, 0.15) is 23.6 Å². The highest BCUT2D eigenvalue weighted by atomic mass is 32.1. The number of phenols is 1. The Hall–Kier alpha value is -2.73. The van der Waals surface area contributed by atoms with Crippen LogP contribution in [-0.4, -0.2) is 20.8 Å². The van der Waals surface area contributed by atoms with Gasteiger partial charge in [-0.25, -0.2) is 15.0 Å². The van der Waals surface area contributed by atoms with Crippen LogP contribution in [0.3, 0.4) is 0 Å². The van der Waals surface area contributed by atoms with Gasteiger partial charge < -0.3 is 5.11 Å². The normalized spacial score (nSPS) is 17.3. The molecule has 0 saturated heterocycles. The lowest BCUT2D eigenvalue weighted by Gasteiger charge is -2.20. The minimum atomic E-state index is 0.0704. The van der Waals surface area contributed by atoms with Gasteiger partial charge in [-0.05, 0) is 40.6 Å². The summed E-state index contributed by atoms with van der Waals surface area (Å²) in [6.07, 6.45) is 4.18. The molecule has 5 nitrogen and oxygen atoms in total. The fourth-order valence-electron chi connectivity index (χ4n) is 2.69. The molecule has 0 radical (unpaired) electrons. The van der Waals surface area contributed by atoms with Gasteiger partial charge in [0.05, 0.1) is 11.8 Å². The summed E-state index contributed by atoms with van der Waals surface area (Å²) in [6.45, 7) is 0. The van der Waals surface area contributed by atoms with Crippen LogP contribution < -0.4 is 5.01 Å². The summed E-state index contributed by atoms with van der Waals surface area (Å²) in [7, 11) is 0. The molecular weight excluding hydrogens is 308 g/mol. The van der Waals surface area contributed by atoms with E-state index in [4.69, 9.17) is 5.10 Å². The molecule has 0 spiro atoms. The molecule has 0 saturated carbocycles. The Morgan fingerprint density at radius 1 is 1.13 bits per heavy atom. The van der Waals surface area contributed by atoms with Crippen molar-refractivity contribution < 1.29 is 5.11 Å². The van der Waals surface area contributed by atoms with E-state index < -0.39 is 0 Å². The summed E-state index contributed by atoms with van der Waals surface area (Å²) in [4.78, 5) is 8.66. The molecule has 0 unspecified atom stereocenters. The molecule has 3 aromatic rings. The predicted octanol–water partition coefficient (Wildman–Crippen LogP) is 3.60. The summed E-state index contributed by atoms with van der Waals surface area (Å²) in [5.41, 5.74) is 3.04. The number of benzene rings is 1. The van der Waals surface area contributed by atoms with Crippen molar-refractivity contribution in [2.75, 3.05) is 5.01 Å². The second-order valence-corrected chi connectivity index (χ2v) is 6.05. The molecule has 0 aliphatic carbocycles. The van der Waals surface area contributed by atoms with Crippen molar-refractivity contribution in [3.05, 3.63) is 70.7 Å². The monoisotopic (exact) mass is 322 g/mol. The molecule has 4 rings (SSSR count). The summed E-state index contributed by atoms with van der Waals surface area (Å²) in [6, 6.07) is 11.1. The SMILES string of the molecule is Oc1cccc(C2=NN(c3ncccn3)[C@H](c3ccsc3)C2)c1. The Balaban J connectivity index is 1.75. The number of hydrazone groups is 1. The van der Waals surface area contributed by atoms with Gasteiger partial charge in [-0.15, -0.1) is 0 Å². The summed E-state index contributed by atoms with van der Waals surface area (Å²) >= 11 is 1.66. The van der Waals surface area contributed by atoms with Crippen LogP contribution in [0.4, 0.5) is 5.95 Å². The van der Waals surface area contributed by atoms with E-state index in [0.717, 1.165) is 17.7 Å². The van der Waals surface area contributed by atoms with Gasteiger partial charge >= 0.3 is 0 Å². The molecule has 1 aromatic carbocycles. The Kier molecular flexibility index (Phi) is 3.51. The van der Waals surface area contributed by atoms with Crippen molar-refractivity contribution in [1.29, 1.82) is 0 Å². The minimum absolute atomic E-state index is 0.0704. The lowest BCUT2D eigenvalue weighted by molar-refractivity contribution is 0.475. The molecule has 1 atom stereocenters. The van der Waals surface area contributed by atoms with Crippen LogP contribution in [0.2, 0.25) is 0 Å². The number of phenolic OH excluding ortho intramolecular Hbond substituents is 1. The van der Waals surface area contributed by atoms with Crippen LogP contribution >= 0.6 is 11.3 Å².